The molecule has 3 N–H and O–H groups in total. The van der Waals surface area contributed by atoms with E-state index in [4.69, 9.17) is 4.42 Å². The molecule has 2 aromatic carbocycles. The molecule has 1 aromatic heterocycles. The van der Waals surface area contributed by atoms with E-state index in [2.05, 4.69) is 24.5 Å². The average Bonchev–Trinajstić information content (AvgIpc) is 3.12. The molecule has 3 rings (SSSR count). The minimum Gasteiger partial charge on any atom is -0.505 e. The number of nitrogens with one attached hydrogen (secondary N) is 2. The molecule has 0 fully saturated rings. The van der Waals surface area contributed by atoms with Crippen LogP contribution in [0, 0.1) is 6.92 Å². The van der Waals surface area contributed by atoms with Gasteiger partial charge in [0.2, 0.25) is 0 Å². The Morgan fingerprint density at radius 3 is 2.32 bits per heavy atom. The number of phenolic OH excluding ortho intramolecular Hbond substituents is 1. The van der Waals surface area contributed by atoms with E-state index in [-0.39, 0.29) is 40.3 Å². The summed E-state index contributed by atoms with van der Waals surface area (Å²) in [6.45, 7) is 7.86. The maximum atomic E-state index is 12.2. The van der Waals surface area contributed by atoms with Gasteiger partial charge in [-0.3, -0.25) is 14.4 Å². The van der Waals surface area contributed by atoms with Crippen molar-refractivity contribution >= 4 is 23.0 Å². The molecule has 164 valence electrons. The number of anilines is 3. The van der Waals surface area contributed by atoms with Gasteiger partial charge in [-0.05, 0) is 43.5 Å². The maximum Gasteiger partial charge on any atom is 0.257 e. The second-order valence-electron chi connectivity index (χ2n) is 8.12. The number of amides is 1. The minimum atomic E-state index is -0.697. The quantitative estimate of drug-likeness (QED) is 0.391. The Morgan fingerprint density at radius 1 is 1.10 bits per heavy atom. The Kier molecular flexibility index (Phi) is 5.92. The summed E-state index contributed by atoms with van der Waals surface area (Å²) >= 11 is 0. The summed E-state index contributed by atoms with van der Waals surface area (Å²) in [7, 11) is 3.14. The molecule has 0 bridgehead atoms. The lowest BCUT2D eigenvalue weighted by Crippen LogP contribution is -2.37. The smallest absolute Gasteiger partial charge is 0.257 e. The van der Waals surface area contributed by atoms with Gasteiger partial charge in [0, 0.05) is 14.1 Å². The molecule has 0 spiro atoms. The summed E-state index contributed by atoms with van der Waals surface area (Å²) in [5.41, 5.74) is 0.128. The third-order valence-electron chi connectivity index (χ3n) is 5.23. The van der Waals surface area contributed by atoms with Gasteiger partial charge in [-0.1, -0.05) is 19.9 Å². The zero-order valence-electron chi connectivity index (χ0n) is 18.5. The van der Waals surface area contributed by atoms with Gasteiger partial charge in [0.15, 0.2) is 5.75 Å². The lowest BCUT2D eigenvalue weighted by atomic mass is 10.0. The van der Waals surface area contributed by atoms with Crippen molar-refractivity contribution < 1.29 is 14.3 Å². The third-order valence-corrected chi connectivity index (χ3v) is 5.23. The van der Waals surface area contributed by atoms with E-state index in [0.29, 0.717) is 11.7 Å². The van der Waals surface area contributed by atoms with Crippen LogP contribution in [-0.2, 0) is 0 Å². The number of para-hydroxylation sites is 1. The number of hydrogen-bond acceptors (Lipinski definition) is 7. The average molecular weight is 425 g/mol. The largest absolute Gasteiger partial charge is 0.505 e. The second-order valence-corrected chi connectivity index (χ2v) is 8.12. The highest BCUT2D eigenvalue weighted by Crippen LogP contribution is 2.33. The van der Waals surface area contributed by atoms with Crippen LogP contribution in [0.4, 0.5) is 17.1 Å². The van der Waals surface area contributed by atoms with Crippen molar-refractivity contribution in [1.29, 1.82) is 0 Å². The van der Waals surface area contributed by atoms with Crippen LogP contribution in [0.2, 0.25) is 0 Å². The molecule has 0 unspecified atom stereocenters. The molecule has 0 saturated carbocycles. The molecule has 1 atom stereocenters. The molecular formula is C23H27N3O5. The number of hydrogen-bond donors (Lipinski definition) is 3. The van der Waals surface area contributed by atoms with Crippen LogP contribution in [0.3, 0.4) is 0 Å². The van der Waals surface area contributed by atoms with Gasteiger partial charge < -0.3 is 25.1 Å². The van der Waals surface area contributed by atoms with E-state index in [0.717, 1.165) is 11.3 Å². The van der Waals surface area contributed by atoms with Crippen molar-refractivity contribution in [2.24, 2.45) is 0 Å². The van der Waals surface area contributed by atoms with Crippen LogP contribution >= 0.6 is 0 Å². The van der Waals surface area contributed by atoms with Crippen LogP contribution < -0.4 is 21.5 Å². The van der Waals surface area contributed by atoms with E-state index >= 15 is 0 Å². The summed E-state index contributed by atoms with van der Waals surface area (Å²) in [5, 5.41) is 16.3. The Bertz CT molecular complexity index is 1200. The van der Waals surface area contributed by atoms with E-state index in [1.54, 1.807) is 20.2 Å². The van der Waals surface area contributed by atoms with Gasteiger partial charge in [-0.2, -0.15) is 0 Å². The molecule has 8 heteroatoms. The second kappa shape index (κ2) is 8.29. The lowest BCUT2D eigenvalue weighted by Gasteiger charge is -2.19. The number of carbonyl (C=O) groups is 1. The maximum absolute atomic E-state index is 12.2. The summed E-state index contributed by atoms with van der Waals surface area (Å²) in [4.78, 5) is 37.9. The zero-order chi connectivity index (χ0) is 23.0. The number of furan rings is 1. The normalized spacial score (nSPS) is 12.2. The van der Waals surface area contributed by atoms with Crippen molar-refractivity contribution in [3.63, 3.8) is 0 Å². The molecule has 3 aromatic rings. The number of phenols is 1. The fourth-order valence-electron chi connectivity index (χ4n) is 3.44. The fourth-order valence-corrected chi connectivity index (χ4v) is 3.44. The fraction of sp³-hybridized carbons (Fsp3) is 0.348. The van der Waals surface area contributed by atoms with Gasteiger partial charge in [0.05, 0.1) is 17.3 Å². The van der Waals surface area contributed by atoms with Gasteiger partial charge in [-0.25, -0.2) is 0 Å². The topological polar surface area (TPSA) is 112 Å². The molecule has 0 aliphatic rings. The Labute approximate surface area is 180 Å². The molecule has 8 nitrogen and oxygen atoms in total. The molecule has 1 amide bonds. The van der Waals surface area contributed by atoms with Crippen LogP contribution in [0.1, 0.15) is 60.2 Å². The molecule has 0 radical (unpaired) electrons. The standard InChI is InChI=1S/C23H27N3O5/c1-11(2)15-10-17(31-13(15)4)12(3)24-18-19(22(29)21(18)28)25-16-9-7-8-14(20(16)27)23(30)26(5)6/h7-12,24-25,27H,1-6H3/t12-/m1/s1. The molecule has 31 heavy (non-hydrogen) atoms. The van der Waals surface area contributed by atoms with Crippen LogP contribution in [-0.4, -0.2) is 30.0 Å². The van der Waals surface area contributed by atoms with Crippen LogP contribution in [0.25, 0.3) is 0 Å². The first kappa shape index (κ1) is 22.1. The van der Waals surface area contributed by atoms with Gasteiger partial charge in [0.25, 0.3) is 16.8 Å². The van der Waals surface area contributed by atoms with E-state index in [1.165, 1.54) is 17.0 Å². The van der Waals surface area contributed by atoms with Crippen LogP contribution in [0.15, 0.2) is 38.3 Å². The summed E-state index contributed by atoms with van der Waals surface area (Å²) in [6.07, 6.45) is 0. The number of rotatable bonds is 7. The third kappa shape index (κ3) is 4.05. The minimum absolute atomic E-state index is 0.0361. The van der Waals surface area contributed by atoms with Crippen molar-refractivity contribution in [3.8, 4) is 5.75 Å². The van der Waals surface area contributed by atoms with E-state index in [9.17, 15) is 19.5 Å². The highest BCUT2D eigenvalue weighted by molar-refractivity contribution is 5.99. The van der Waals surface area contributed by atoms with Gasteiger partial charge in [0.1, 0.15) is 22.9 Å². The van der Waals surface area contributed by atoms with E-state index < -0.39 is 10.9 Å². The number of nitrogens with zero attached hydrogens (tertiary/aromatic N) is 1. The Hall–Kier alpha value is -3.55. The van der Waals surface area contributed by atoms with E-state index in [1.807, 2.05) is 19.9 Å². The molecule has 0 aliphatic carbocycles. The molecule has 0 aliphatic heterocycles. The number of benzene rings is 1. The summed E-state index contributed by atoms with van der Waals surface area (Å²) < 4.78 is 5.82. The first-order valence-corrected chi connectivity index (χ1v) is 10.0. The number of aromatic hydroxyl groups is 1. The van der Waals surface area contributed by atoms with Crippen molar-refractivity contribution in [2.45, 2.75) is 39.7 Å². The summed E-state index contributed by atoms with van der Waals surface area (Å²) in [5.74, 6) is 1.09. The van der Waals surface area contributed by atoms with Crippen molar-refractivity contribution in [2.75, 3.05) is 24.7 Å². The highest BCUT2D eigenvalue weighted by atomic mass is 16.3. The monoisotopic (exact) mass is 425 g/mol. The molecule has 0 saturated heterocycles. The Morgan fingerprint density at radius 2 is 1.74 bits per heavy atom. The number of aryl methyl sites for hydroxylation is 1. The summed E-state index contributed by atoms with van der Waals surface area (Å²) in [6, 6.07) is 6.18. The predicted molar refractivity (Wildman–Crippen MR) is 120 cm³/mol. The Balaban J connectivity index is 1.87. The SMILES string of the molecule is Cc1oc([C@@H](C)Nc2c(Nc3cccc(C(=O)N(C)C)c3O)c(=O)c2=O)cc1C(C)C. The van der Waals surface area contributed by atoms with Crippen molar-refractivity contribution in [3.05, 3.63) is 67.4 Å². The van der Waals surface area contributed by atoms with Gasteiger partial charge in [-0.15, -0.1) is 0 Å². The van der Waals surface area contributed by atoms with Crippen molar-refractivity contribution in [1.82, 2.24) is 4.90 Å². The first-order chi connectivity index (χ1) is 14.5. The highest BCUT2D eigenvalue weighted by Gasteiger charge is 2.26. The van der Waals surface area contributed by atoms with Crippen LogP contribution in [0.5, 0.6) is 5.75 Å². The zero-order valence-corrected chi connectivity index (χ0v) is 18.5. The first-order valence-electron chi connectivity index (χ1n) is 10.0. The van der Waals surface area contributed by atoms with Gasteiger partial charge >= 0.3 is 0 Å². The lowest BCUT2D eigenvalue weighted by molar-refractivity contribution is 0.0824. The number of carbonyl (C=O) groups excluding carboxylic acids is 1. The molecular weight excluding hydrogens is 398 g/mol. The predicted octanol–water partition coefficient (Wildman–Crippen LogP) is 3.63. The molecule has 1 heterocycles.